The molecule has 3 aromatic rings. The van der Waals surface area contributed by atoms with Crippen molar-refractivity contribution in [2.45, 2.75) is 20.5 Å². The summed E-state index contributed by atoms with van der Waals surface area (Å²) in [6.45, 7) is 3.59. The Labute approximate surface area is 152 Å². The average molecular weight is 377 g/mol. The first-order valence-electron chi connectivity index (χ1n) is 7.52. The normalized spacial score (nSPS) is 10.6. The van der Waals surface area contributed by atoms with Crippen LogP contribution in [0.1, 0.15) is 38.4 Å². The maximum atomic E-state index is 12.3. The van der Waals surface area contributed by atoms with Gasteiger partial charge in [-0.2, -0.15) is 0 Å². The quantitative estimate of drug-likeness (QED) is 0.596. The van der Waals surface area contributed by atoms with Gasteiger partial charge in [0.15, 0.2) is 12.4 Å². The number of hydrogen-bond acceptors (Lipinski definition) is 8. The molecule has 0 aromatic carbocycles. The van der Waals surface area contributed by atoms with E-state index in [9.17, 15) is 9.59 Å². The smallest absolute Gasteiger partial charge is 0.350 e. The maximum absolute atomic E-state index is 12.3. The van der Waals surface area contributed by atoms with Gasteiger partial charge in [-0.25, -0.2) is 14.6 Å². The van der Waals surface area contributed by atoms with E-state index in [2.05, 4.69) is 4.98 Å². The molecule has 0 unspecified atom stereocenters. The zero-order valence-corrected chi connectivity index (χ0v) is 15.2. The van der Waals surface area contributed by atoms with Crippen molar-refractivity contribution >= 4 is 34.6 Å². The zero-order valence-electron chi connectivity index (χ0n) is 13.6. The van der Waals surface area contributed by atoms with Crippen molar-refractivity contribution in [1.82, 2.24) is 4.98 Å². The molecule has 0 saturated heterocycles. The molecule has 6 nitrogen and oxygen atoms in total. The number of ether oxygens (including phenoxy) is 2. The van der Waals surface area contributed by atoms with Crippen LogP contribution in [0.3, 0.4) is 0 Å². The van der Waals surface area contributed by atoms with Crippen molar-refractivity contribution in [3.8, 4) is 9.88 Å². The van der Waals surface area contributed by atoms with Gasteiger partial charge in [-0.1, -0.05) is 6.07 Å². The van der Waals surface area contributed by atoms with Crippen molar-refractivity contribution in [2.75, 3.05) is 6.61 Å². The lowest BCUT2D eigenvalue weighted by Gasteiger charge is -2.04. The van der Waals surface area contributed by atoms with Gasteiger partial charge in [0.2, 0.25) is 0 Å². The number of thiazole rings is 1. The highest BCUT2D eigenvalue weighted by Gasteiger charge is 2.21. The predicted octanol–water partition coefficient (Wildman–Crippen LogP) is 4.31. The van der Waals surface area contributed by atoms with Gasteiger partial charge < -0.3 is 13.9 Å². The standard InChI is InChI=1S/C17H15NO5S2/c1-3-21-16(19)11-6-7-22-12(11)9-23-17(20)14-10(2)18-15(25-14)13-5-4-8-24-13/h4-8H,3,9H2,1-2H3. The van der Waals surface area contributed by atoms with Crippen LogP contribution in [0.4, 0.5) is 0 Å². The molecule has 0 radical (unpaired) electrons. The van der Waals surface area contributed by atoms with E-state index in [4.69, 9.17) is 13.9 Å². The number of furan rings is 1. The van der Waals surface area contributed by atoms with Gasteiger partial charge in [-0.05, 0) is 31.4 Å². The predicted molar refractivity (Wildman–Crippen MR) is 93.9 cm³/mol. The van der Waals surface area contributed by atoms with Gasteiger partial charge in [0.1, 0.15) is 15.4 Å². The van der Waals surface area contributed by atoms with Crippen LogP contribution in [0.25, 0.3) is 9.88 Å². The Bertz CT molecular complexity index is 879. The van der Waals surface area contributed by atoms with Crippen LogP contribution in [0.5, 0.6) is 0 Å². The van der Waals surface area contributed by atoms with Gasteiger partial charge >= 0.3 is 11.9 Å². The topological polar surface area (TPSA) is 78.6 Å². The third-order valence-electron chi connectivity index (χ3n) is 3.29. The van der Waals surface area contributed by atoms with E-state index in [-0.39, 0.29) is 24.5 Å². The van der Waals surface area contributed by atoms with E-state index in [0.29, 0.717) is 10.6 Å². The minimum Gasteiger partial charge on any atom is -0.465 e. The Hall–Kier alpha value is -2.45. The van der Waals surface area contributed by atoms with Crippen molar-refractivity contribution in [3.05, 3.63) is 51.7 Å². The Morgan fingerprint density at radius 2 is 2.08 bits per heavy atom. The molecule has 0 saturated carbocycles. The van der Waals surface area contributed by atoms with E-state index in [1.165, 1.54) is 23.7 Å². The number of carbonyl (C=O) groups excluding carboxylic acids is 2. The highest BCUT2D eigenvalue weighted by molar-refractivity contribution is 7.22. The number of nitrogens with zero attached hydrogens (tertiary/aromatic N) is 1. The number of aromatic nitrogens is 1. The summed E-state index contributed by atoms with van der Waals surface area (Å²) in [5.74, 6) is -0.743. The molecule has 8 heteroatoms. The molecule has 0 bridgehead atoms. The van der Waals surface area contributed by atoms with Crippen molar-refractivity contribution in [3.63, 3.8) is 0 Å². The fraction of sp³-hybridized carbons (Fsp3) is 0.235. The van der Waals surface area contributed by atoms with Crippen LogP contribution in [-0.2, 0) is 16.1 Å². The minimum absolute atomic E-state index is 0.147. The Morgan fingerprint density at radius 1 is 1.24 bits per heavy atom. The van der Waals surface area contributed by atoms with Crippen LogP contribution in [0.15, 0.2) is 34.3 Å². The third kappa shape index (κ3) is 3.80. The lowest BCUT2D eigenvalue weighted by atomic mass is 10.2. The van der Waals surface area contributed by atoms with Crippen LogP contribution in [0, 0.1) is 6.92 Å². The summed E-state index contributed by atoms with van der Waals surface area (Å²) < 4.78 is 15.4. The number of hydrogen-bond donors (Lipinski definition) is 0. The molecule has 0 fully saturated rings. The van der Waals surface area contributed by atoms with Gasteiger partial charge in [0.05, 0.1) is 23.4 Å². The van der Waals surface area contributed by atoms with E-state index in [0.717, 1.165) is 9.88 Å². The second kappa shape index (κ2) is 7.62. The molecule has 0 spiro atoms. The van der Waals surface area contributed by atoms with E-state index in [1.807, 2.05) is 17.5 Å². The van der Waals surface area contributed by atoms with Gasteiger partial charge in [0, 0.05) is 0 Å². The van der Waals surface area contributed by atoms with Gasteiger partial charge in [-0.15, -0.1) is 22.7 Å². The van der Waals surface area contributed by atoms with Crippen molar-refractivity contribution in [1.29, 1.82) is 0 Å². The fourth-order valence-corrected chi connectivity index (χ4v) is 3.89. The highest BCUT2D eigenvalue weighted by atomic mass is 32.1. The molecule has 0 amide bonds. The molecular formula is C17H15NO5S2. The van der Waals surface area contributed by atoms with Gasteiger partial charge in [-0.3, -0.25) is 0 Å². The molecule has 3 aromatic heterocycles. The number of thiophene rings is 1. The monoisotopic (exact) mass is 377 g/mol. The maximum Gasteiger partial charge on any atom is 0.350 e. The number of aryl methyl sites for hydroxylation is 1. The minimum atomic E-state index is -0.503. The summed E-state index contributed by atoms with van der Waals surface area (Å²) in [6, 6.07) is 5.38. The molecule has 0 atom stereocenters. The summed E-state index contributed by atoms with van der Waals surface area (Å²) in [4.78, 5) is 30.0. The molecule has 0 N–H and O–H groups in total. The van der Waals surface area contributed by atoms with Crippen molar-refractivity contribution in [2.24, 2.45) is 0 Å². The van der Waals surface area contributed by atoms with E-state index in [1.54, 1.807) is 25.2 Å². The van der Waals surface area contributed by atoms with Gasteiger partial charge in [0.25, 0.3) is 0 Å². The SMILES string of the molecule is CCOC(=O)c1ccoc1COC(=O)c1sc(-c2cccs2)nc1C. The average Bonchev–Trinajstić information content (AvgIpc) is 3.32. The van der Waals surface area contributed by atoms with Crippen LogP contribution < -0.4 is 0 Å². The largest absolute Gasteiger partial charge is 0.465 e. The number of esters is 2. The lowest BCUT2D eigenvalue weighted by molar-refractivity contribution is 0.0426. The molecular weight excluding hydrogens is 362 g/mol. The summed E-state index contributed by atoms with van der Waals surface area (Å²) in [6.07, 6.45) is 1.36. The second-order valence-corrected chi connectivity index (χ2v) is 6.91. The first-order valence-corrected chi connectivity index (χ1v) is 9.21. The summed E-state index contributed by atoms with van der Waals surface area (Å²) in [7, 11) is 0. The molecule has 3 rings (SSSR count). The molecule has 25 heavy (non-hydrogen) atoms. The fourth-order valence-electron chi connectivity index (χ4n) is 2.13. The van der Waals surface area contributed by atoms with Crippen LogP contribution in [-0.4, -0.2) is 23.5 Å². The Balaban J connectivity index is 1.70. The summed E-state index contributed by atoms with van der Waals surface area (Å²) in [5.41, 5.74) is 0.874. The first-order chi connectivity index (χ1) is 12.1. The highest BCUT2D eigenvalue weighted by Crippen LogP contribution is 2.31. The number of carbonyl (C=O) groups is 2. The van der Waals surface area contributed by atoms with Crippen LogP contribution >= 0.6 is 22.7 Å². The lowest BCUT2D eigenvalue weighted by Crippen LogP contribution is -2.09. The molecule has 130 valence electrons. The molecule has 3 heterocycles. The molecule has 0 aliphatic rings. The molecule has 0 aliphatic carbocycles. The van der Waals surface area contributed by atoms with Crippen LogP contribution in [0.2, 0.25) is 0 Å². The van der Waals surface area contributed by atoms with Crippen molar-refractivity contribution < 1.29 is 23.5 Å². The summed E-state index contributed by atoms with van der Waals surface area (Å²) in [5, 5.41) is 2.74. The first kappa shape index (κ1) is 17.4. The van der Waals surface area contributed by atoms with E-state index < -0.39 is 11.9 Å². The number of rotatable bonds is 6. The summed E-state index contributed by atoms with van der Waals surface area (Å²) >= 11 is 2.84. The zero-order chi connectivity index (χ0) is 17.8. The third-order valence-corrected chi connectivity index (χ3v) is 5.47. The van der Waals surface area contributed by atoms with E-state index >= 15 is 0 Å². The molecule has 0 aliphatic heterocycles. The second-order valence-electron chi connectivity index (χ2n) is 4.96. The Kier molecular flexibility index (Phi) is 5.30. The Morgan fingerprint density at radius 3 is 2.80 bits per heavy atom.